The molecule has 1 heterocycles. The van der Waals surface area contributed by atoms with Crippen LogP contribution in [0.4, 0.5) is 17.6 Å². The number of ether oxygens (including phenoxy) is 1. The lowest BCUT2D eigenvalue weighted by molar-refractivity contribution is 0.198. The minimum atomic E-state index is -3.12. The molecule has 0 spiro atoms. The van der Waals surface area contributed by atoms with Crippen molar-refractivity contribution in [3.63, 3.8) is 0 Å². The second-order valence-electron chi connectivity index (χ2n) is 6.03. The predicted molar refractivity (Wildman–Crippen MR) is 100 cm³/mol. The summed E-state index contributed by atoms with van der Waals surface area (Å²) in [5.41, 5.74) is 1.10. The van der Waals surface area contributed by atoms with Crippen LogP contribution in [0.15, 0.2) is 59.9 Å². The third-order valence-corrected chi connectivity index (χ3v) is 3.97. The highest BCUT2D eigenvalue weighted by Gasteiger charge is 2.18. The normalized spacial score (nSPS) is 11.7. The van der Waals surface area contributed by atoms with Crippen LogP contribution in [0.3, 0.4) is 0 Å². The lowest BCUT2D eigenvalue weighted by Gasteiger charge is -2.12. The summed E-state index contributed by atoms with van der Waals surface area (Å²) in [7, 11) is 1.28. The number of hydrogen-bond acceptors (Lipinski definition) is 4. The van der Waals surface area contributed by atoms with E-state index >= 15 is 0 Å². The summed E-state index contributed by atoms with van der Waals surface area (Å²) in [6, 6.07) is 9.79. The van der Waals surface area contributed by atoms with Crippen molar-refractivity contribution in [2.45, 2.75) is 13.0 Å². The van der Waals surface area contributed by atoms with Gasteiger partial charge >= 0.3 is 6.43 Å². The van der Waals surface area contributed by atoms with Crippen LogP contribution in [0.1, 0.15) is 11.1 Å². The molecule has 0 aliphatic carbocycles. The molecule has 150 valence electrons. The van der Waals surface area contributed by atoms with Gasteiger partial charge in [0.05, 0.1) is 0 Å². The number of nitrogens with zero attached hydrogens (tertiary/aromatic N) is 3. The van der Waals surface area contributed by atoms with Gasteiger partial charge < -0.3 is 9.30 Å². The molecule has 0 amide bonds. The molecule has 0 unspecified atom stereocenters. The van der Waals surface area contributed by atoms with Crippen molar-refractivity contribution < 1.29 is 22.3 Å². The van der Waals surface area contributed by atoms with E-state index in [9.17, 15) is 17.6 Å². The molecule has 0 fully saturated rings. The van der Waals surface area contributed by atoms with Crippen molar-refractivity contribution in [1.82, 2.24) is 9.55 Å². The zero-order valence-electron chi connectivity index (χ0n) is 15.2. The molecule has 0 radical (unpaired) electrons. The Hall–Kier alpha value is -3.49. The lowest BCUT2D eigenvalue weighted by Crippen LogP contribution is -2.19. The van der Waals surface area contributed by atoms with Crippen LogP contribution in [-0.4, -0.2) is 34.8 Å². The molecule has 3 aromatic rings. The number of alkyl halides is 2. The van der Waals surface area contributed by atoms with Crippen molar-refractivity contribution in [2.24, 2.45) is 4.99 Å². The van der Waals surface area contributed by atoms with Crippen molar-refractivity contribution >= 4 is 11.8 Å². The van der Waals surface area contributed by atoms with Crippen LogP contribution in [-0.2, 0) is 11.3 Å². The largest absolute Gasteiger partial charge is 0.419 e. The first-order chi connectivity index (χ1) is 13.9. The van der Waals surface area contributed by atoms with Gasteiger partial charge in [0, 0.05) is 37.1 Å². The van der Waals surface area contributed by atoms with Gasteiger partial charge in [-0.1, -0.05) is 12.1 Å². The van der Waals surface area contributed by atoms with Crippen molar-refractivity contribution in [3.05, 3.63) is 77.6 Å². The third kappa shape index (κ3) is 4.87. The second kappa shape index (κ2) is 8.68. The number of aliphatic imine (C=N–C) groups is 1. The third-order valence-electron chi connectivity index (χ3n) is 3.97. The van der Waals surface area contributed by atoms with E-state index in [0.29, 0.717) is 23.5 Å². The van der Waals surface area contributed by atoms with Gasteiger partial charge in [0.2, 0.25) is 5.90 Å². The lowest BCUT2D eigenvalue weighted by atomic mass is 10.1. The first kappa shape index (κ1) is 20.2. The van der Waals surface area contributed by atoms with E-state index in [0.717, 1.165) is 6.07 Å². The molecular weight excluding hydrogens is 388 g/mol. The van der Waals surface area contributed by atoms with Gasteiger partial charge in [0.1, 0.15) is 17.5 Å². The molecular formula is C20H16F4N4O. The van der Waals surface area contributed by atoms with Crippen LogP contribution in [0.5, 0.6) is 0 Å². The molecule has 0 bridgehead atoms. The van der Waals surface area contributed by atoms with E-state index in [1.807, 2.05) is 0 Å². The van der Waals surface area contributed by atoms with E-state index in [1.165, 1.54) is 37.5 Å². The number of imidazole rings is 1. The number of benzene rings is 2. The Labute approximate surface area is 163 Å². The SMILES string of the molecule is CN=C(OC(=N)C(F)F)c1cc(F)cc(-c2nccn2Cc2cccc(F)c2)c1. The highest BCUT2D eigenvalue weighted by atomic mass is 19.3. The molecule has 3 rings (SSSR count). The summed E-state index contributed by atoms with van der Waals surface area (Å²) in [6.45, 7) is 0.292. The van der Waals surface area contributed by atoms with Gasteiger partial charge in [0.25, 0.3) is 5.90 Å². The maximum atomic E-state index is 14.2. The van der Waals surface area contributed by atoms with Crippen molar-refractivity contribution in [2.75, 3.05) is 7.05 Å². The molecule has 0 saturated heterocycles. The van der Waals surface area contributed by atoms with E-state index in [2.05, 4.69) is 9.98 Å². The van der Waals surface area contributed by atoms with Crippen LogP contribution < -0.4 is 0 Å². The Morgan fingerprint density at radius 1 is 1.17 bits per heavy atom. The molecule has 0 saturated carbocycles. The smallest absolute Gasteiger partial charge is 0.312 e. The fourth-order valence-corrected chi connectivity index (χ4v) is 2.75. The molecule has 2 aromatic carbocycles. The topological polar surface area (TPSA) is 63.3 Å². The number of rotatable bonds is 5. The summed E-state index contributed by atoms with van der Waals surface area (Å²) >= 11 is 0. The Morgan fingerprint density at radius 2 is 1.97 bits per heavy atom. The van der Waals surface area contributed by atoms with Crippen LogP contribution >= 0.6 is 0 Å². The van der Waals surface area contributed by atoms with Gasteiger partial charge in [-0.3, -0.25) is 10.4 Å². The average Bonchev–Trinajstić information content (AvgIpc) is 3.13. The maximum absolute atomic E-state index is 14.2. The number of hydrogen-bond donors (Lipinski definition) is 1. The van der Waals surface area contributed by atoms with Gasteiger partial charge in [-0.05, 0) is 35.9 Å². The molecule has 9 heteroatoms. The fraction of sp³-hybridized carbons (Fsp3) is 0.150. The molecule has 0 atom stereocenters. The summed E-state index contributed by atoms with van der Waals surface area (Å²) in [6.07, 6.45) is 0.0459. The Morgan fingerprint density at radius 3 is 2.66 bits per heavy atom. The highest BCUT2D eigenvalue weighted by molar-refractivity contribution is 6.02. The van der Waals surface area contributed by atoms with Gasteiger partial charge in [-0.2, -0.15) is 8.78 Å². The summed E-state index contributed by atoms with van der Waals surface area (Å²) < 4.78 is 59.3. The minimum absolute atomic E-state index is 0.0770. The van der Waals surface area contributed by atoms with Crippen molar-refractivity contribution in [1.29, 1.82) is 5.41 Å². The highest BCUT2D eigenvalue weighted by Crippen LogP contribution is 2.23. The zero-order valence-corrected chi connectivity index (χ0v) is 15.2. The number of nitrogens with one attached hydrogen (secondary N) is 1. The van der Waals surface area contributed by atoms with E-state index in [-0.39, 0.29) is 17.3 Å². The summed E-state index contributed by atoms with van der Waals surface area (Å²) in [5.74, 6) is -2.26. The predicted octanol–water partition coefficient (Wildman–Crippen LogP) is 4.51. The van der Waals surface area contributed by atoms with Gasteiger partial charge in [-0.15, -0.1) is 0 Å². The van der Waals surface area contributed by atoms with E-state index in [4.69, 9.17) is 10.1 Å². The van der Waals surface area contributed by atoms with E-state index in [1.54, 1.807) is 22.9 Å². The molecule has 1 aromatic heterocycles. The monoisotopic (exact) mass is 404 g/mol. The first-order valence-electron chi connectivity index (χ1n) is 8.45. The number of halogens is 4. The minimum Gasteiger partial charge on any atom is -0.419 e. The molecule has 1 N–H and O–H groups in total. The summed E-state index contributed by atoms with van der Waals surface area (Å²) in [4.78, 5) is 7.95. The maximum Gasteiger partial charge on any atom is 0.312 e. The first-order valence-corrected chi connectivity index (χ1v) is 8.45. The Bertz CT molecular complexity index is 1060. The fourth-order valence-electron chi connectivity index (χ4n) is 2.75. The van der Waals surface area contributed by atoms with E-state index < -0.39 is 18.1 Å². The Balaban J connectivity index is 1.95. The average molecular weight is 404 g/mol. The van der Waals surface area contributed by atoms with Gasteiger partial charge in [0.15, 0.2) is 0 Å². The van der Waals surface area contributed by atoms with Crippen molar-refractivity contribution in [3.8, 4) is 11.4 Å². The molecule has 5 nitrogen and oxygen atoms in total. The van der Waals surface area contributed by atoms with Crippen LogP contribution in [0.2, 0.25) is 0 Å². The molecule has 0 aliphatic rings. The summed E-state index contributed by atoms with van der Waals surface area (Å²) in [5, 5.41) is 7.16. The standard InChI is InChI=1S/C20H16F4N4O/c1-26-20(29-18(25)17(23)24)14-8-13(9-16(22)10-14)19-27-5-6-28(19)11-12-3-2-4-15(21)7-12/h2-10,17,25H,11H2,1H3. The van der Waals surface area contributed by atoms with Gasteiger partial charge in [-0.25, -0.2) is 13.8 Å². The molecule has 29 heavy (non-hydrogen) atoms. The zero-order chi connectivity index (χ0) is 21.0. The quantitative estimate of drug-likeness (QED) is 0.386. The number of aromatic nitrogens is 2. The second-order valence-corrected chi connectivity index (χ2v) is 6.03. The molecule has 0 aliphatic heterocycles. The Kier molecular flexibility index (Phi) is 6.06. The van der Waals surface area contributed by atoms with Crippen LogP contribution in [0, 0.1) is 17.0 Å². The van der Waals surface area contributed by atoms with Crippen LogP contribution in [0.25, 0.3) is 11.4 Å².